The van der Waals surface area contributed by atoms with E-state index in [9.17, 15) is 27.3 Å². The summed E-state index contributed by atoms with van der Waals surface area (Å²) in [7, 11) is 0. The van der Waals surface area contributed by atoms with Gasteiger partial charge in [-0.2, -0.15) is 13.2 Å². The van der Waals surface area contributed by atoms with Crippen LogP contribution in [-0.4, -0.2) is 62.3 Å². The molecule has 0 saturated carbocycles. The Hall–Kier alpha value is -4.16. The molecule has 2 aromatic heterocycles. The van der Waals surface area contributed by atoms with Crippen molar-refractivity contribution in [1.82, 2.24) is 19.8 Å². The molecule has 1 aliphatic rings. The number of pyridine rings is 2. The maximum atomic E-state index is 13.0. The van der Waals surface area contributed by atoms with Crippen LogP contribution >= 0.6 is 0 Å². The molecule has 12 heteroatoms. The minimum Gasteiger partial charge on any atom is -0.588 e. The molecule has 1 aliphatic heterocycles. The highest BCUT2D eigenvalue weighted by Crippen LogP contribution is 2.28. The van der Waals surface area contributed by atoms with E-state index >= 15 is 0 Å². The van der Waals surface area contributed by atoms with Gasteiger partial charge in [0.1, 0.15) is 22.6 Å². The maximum absolute atomic E-state index is 13.0. The Labute approximate surface area is 224 Å². The lowest BCUT2D eigenvalue weighted by molar-refractivity contribution is -0.137. The Morgan fingerprint density at radius 2 is 1.51 bits per heavy atom. The summed E-state index contributed by atoms with van der Waals surface area (Å²) < 4.78 is 54.1. The molecule has 0 aliphatic carbocycles. The van der Waals surface area contributed by atoms with Crippen LogP contribution in [-0.2, 0) is 17.5 Å². The van der Waals surface area contributed by atoms with E-state index in [0.717, 1.165) is 17.5 Å². The Kier molecular flexibility index (Phi) is 7.40. The van der Waals surface area contributed by atoms with Crippen LogP contribution < -0.4 is 4.72 Å². The number of piperazine rings is 1. The molecule has 0 spiro atoms. The van der Waals surface area contributed by atoms with Crippen LogP contribution in [0.25, 0.3) is 10.9 Å². The number of hydrogen-bond donors (Lipinski definition) is 1. The summed E-state index contributed by atoms with van der Waals surface area (Å²) in [6.07, 6.45) is -2.25. The number of benzene rings is 2. The standard InChI is InChI=1S/C27H22F3N5O3S/c28-27(29,30)20-8-11-22(32-17-20)26(37)35-15-13-34(14-16-35)25(36)19-6-9-21(10-7-19)33-39(38)23-5-1-3-18-4-2-12-31-24(18)23/h1-12,17,33H,13-16H2. The van der Waals surface area contributed by atoms with E-state index in [4.69, 9.17) is 0 Å². The first-order valence-corrected chi connectivity index (χ1v) is 13.1. The fourth-order valence-corrected chi connectivity index (χ4v) is 5.22. The minimum atomic E-state index is -4.53. The number of aromatic nitrogens is 2. The number of hydrogen-bond acceptors (Lipinski definition) is 6. The molecular formula is C27H22F3N5O3S. The number of nitrogens with one attached hydrogen (secondary N) is 1. The SMILES string of the molecule is O=C(c1ccc(N[S+]([O-])c2cccc3cccnc23)cc1)N1CCN(C(=O)c2ccc(C(F)(F)F)cn2)CC1. The number of rotatable bonds is 5. The first kappa shape index (κ1) is 26.4. The van der Waals surface area contributed by atoms with E-state index in [1.807, 2.05) is 24.3 Å². The van der Waals surface area contributed by atoms with E-state index in [2.05, 4.69) is 14.7 Å². The molecular weight excluding hydrogens is 531 g/mol. The number of amides is 2. The van der Waals surface area contributed by atoms with Crippen molar-refractivity contribution in [3.63, 3.8) is 0 Å². The lowest BCUT2D eigenvalue weighted by Crippen LogP contribution is -2.50. The summed E-state index contributed by atoms with van der Waals surface area (Å²) >= 11 is -1.57. The monoisotopic (exact) mass is 553 g/mol. The quantitative estimate of drug-likeness (QED) is 0.368. The molecule has 5 rings (SSSR count). The summed E-state index contributed by atoms with van der Waals surface area (Å²) in [5, 5.41) is 0.878. The minimum absolute atomic E-state index is 0.0810. The molecule has 4 aromatic rings. The third-order valence-electron chi connectivity index (χ3n) is 6.30. The first-order valence-electron chi connectivity index (χ1n) is 11.9. The molecule has 1 atom stereocenters. The Bertz CT molecular complexity index is 1490. The van der Waals surface area contributed by atoms with Gasteiger partial charge in [0.25, 0.3) is 11.8 Å². The van der Waals surface area contributed by atoms with Crippen molar-refractivity contribution in [2.45, 2.75) is 11.1 Å². The molecule has 1 saturated heterocycles. The van der Waals surface area contributed by atoms with Gasteiger partial charge >= 0.3 is 6.18 Å². The van der Waals surface area contributed by atoms with Gasteiger partial charge in [-0.1, -0.05) is 18.2 Å². The Morgan fingerprint density at radius 1 is 0.846 bits per heavy atom. The highest BCUT2D eigenvalue weighted by molar-refractivity contribution is 7.93. The second kappa shape index (κ2) is 10.9. The number of anilines is 1. The highest BCUT2D eigenvalue weighted by Gasteiger charge is 2.32. The zero-order chi connectivity index (χ0) is 27.6. The molecule has 0 radical (unpaired) electrons. The molecule has 1 fully saturated rings. The molecule has 0 bridgehead atoms. The van der Waals surface area contributed by atoms with Crippen LogP contribution in [0.5, 0.6) is 0 Å². The van der Waals surface area contributed by atoms with Gasteiger partial charge in [-0.3, -0.25) is 19.6 Å². The van der Waals surface area contributed by atoms with Crippen molar-refractivity contribution >= 4 is 39.8 Å². The number of halogens is 3. The largest absolute Gasteiger partial charge is 0.588 e. The van der Waals surface area contributed by atoms with E-state index < -0.39 is 29.0 Å². The van der Waals surface area contributed by atoms with E-state index in [0.29, 0.717) is 27.9 Å². The van der Waals surface area contributed by atoms with Crippen molar-refractivity contribution in [3.8, 4) is 0 Å². The summed E-state index contributed by atoms with van der Waals surface area (Å²) in [5.41, 5.74) is 0.638. The normalized spacial score (nSPS) is 14.8. The van der Waals surface area contributed by atoms with Crippen LogP contribution in [0.15, 0.2) is 84.0 Å². The van der Waals surface area contributed by atoms with Gasteiger partial charge in [-0.25, -0.2) is 4.72 Å². The van der Waals surface area contributed by atoms with Crippen LogP contribution in [0, 0.1) is 0 Å². The summed E-state index contributed by atoms with van der Waals surface area (Å²) in [4.78, 5) is 37.2. The van der Waals surface area contributed by atoms with Crippen molar-refractivity contribution < 1.29 is 27.3 Å². The molecule has 1 N–H and O–H groups in total. The van der Waals surface area contributed by atoms with Crippen LogP contribution in [0.2, 0.25) is 0 Å². The lowest BCUT2D eigenvalue weighted by Gasteiger charge is -2.34. The smallest absolute Gasteiger partial charge is 0.417 e. The topological polar surface area (TPSA) is 101 Å². The number of alkyl halides is 3. The zero-order valence-electron chi connectivity index (χ0n) is 20.4. The van der Waals surface area contributed by atoms with Gasteiger partial charge in [0.2, 0.25) is 4.90 Å². The highest BCUT2D eigenvalue weighted by atomic mass is 32.2. The second-order valence-corrected chi connectivity index (χ2v) is 9.98. The molecule has 39 heavy (non-hydrogen) atoms. The van der Waals surface area contributed by atoms with Crippen molar-refractivity contribution in [2.24, 2.45) is 0 Å². The first-order chi connectivity index (χ1) is 18.7. The second-order valence-electron chi connectivity index (χ2n) is 8.79. The predicted octanol–water partition coefficient (Wildman–Crippen LogP) is 4.38. The van der Waals surface area contributed by atoms with E-state index in [1.165, 1.54) is 4.90 Å². The summed E-state index contributed by atoms with van der Waals surface area (Å²) in [5.74, 6) is -0.707. The molecule has 2 amide bonds. The number of fused-ring (bicyclic) bond motifs is 1. The van der Waals surface area contributed by atoms with Crippen molar-refractivity contribution in [2.75, 3.05) is 30.9 Å². The predicted molar refractivity (Wildman–Crippen MR) is 139 cm³/mol. The molecule has 2 aromatic carbocycles. The van der Waals surface area contributed by atoms with Gasteiger partial charge in [0.15, 0.2) is 0 Å². The Balaban J connectivity index is 1.17. The van der Waals surface area contributed by atoms with Gasteiger partial charge in [-0.15, -0.1) is 0 Å². The van der Waals surface area contributed by atoms with Crippen LogP contribution in [0.1, 0.15) is 26.4 Å². The third-order valence-corrected chi connectivity index (χ3v) is 7.45. The Morgan fingerprint density at radius 3 is 2.15 bits per heavy atom. The fourth-order valence-electron chi connectivity index (χ4n) is 4.21. The number of para-hydroxylation sites is 1. The van der Waals surface area contributed by atoms with Gasteiger partial charge in [-0.05, 0) is 48.5 Å². The van der Waals surface area contributed by atoms with E-state index in [1.54, 1.807) is 41.4 Å². The van der Waals surface area contributed by atoms with Crippen molar-refractivity contribution in [1.29, 1.82) is 0 Å². The van der Waals surface area contributed by atoms with Gasteiger partial charge < -0.3 is 14.4 Å². The average molecular weight is 554 g/mol. The lowest BCUT2D eigenvalue weighted by atomic mass is 10.1. The van der Waals surface area contributed by atoms with E-state index in [-0.39, 0.29) is 37.8 Å². The molecule has 1 unspecified atom stereocenters. The van der Waals surface area contributed by atoms with Crippen LogP contribution in [0.3, 0.4) is 0 Å². The van der Waals surface area contributed by atoms with Crippen LogP contribution in [0.4, 0.5) is 18.9 Å². The summed E-state index contributed by atoms with van der Waals surface area (Å²) in [6, 6.07) is 17.6. The van der Waals surface area contributed by atoms with Gasteiger partial charge in [0.05, 0.1) is 11.3 Å². The van der Waals surface area contributed by atoms with Crippen molar-refractivity contribution in [3.05, 3.63) is 95.9 Å². The maximum Gasteiger partial charge on any atom is 0.417 e. The zero-order valence-corrected chi connectivity index (χ0v) is 21.2. The fraction of sp³-hybridized carbons (Fsp3) is 0.185. The average Bonchev–Trinajstić information content (AvgIpc) is 2.96. The molecule has 200 valence electrons. The summed E-state index contributed by atoms with van der Waals surface area (Å²) in [6.45, 7) is 0.989. The number of nitrogens with zero attached hydrogens (tertiary/aromatic N) is 4. The van der Waals surface area contributed by atoms with Gasteiger partial charge in [0, 0.05) is 49.5 Å². The third kappa shape index (κ3) is 5.81. The molecule has 3 heterocycles. The number of carbonyl (C=O) groups is 2. The molecule has 8 nitrogen and oxygen atoms in total. The number of carbonyl (C=O) groups excluding carboxylic acids is 2.